The maximum atomic E-state index is 5.82. The van der Waals surface area contributed by atoms with Crippen molar-refractivity contribution in [3.8, 4) is 10.4 Å². The molecule has 1 heterocycles. The minimum atomic E-state index is 0.804. The van der Waals surface area contributed by atoms with Gasteiger partial charge in [-0.15, -0.1) is 11.3 Å². The Hall–Kier alpha value is -1.39. The van der Waals surface area contributed by atoms with E-state index in [1.165, 1.54) is 10.4 Å². The molecule has 84 valence electrons. The molecule has 4 heteroatoms. The van der Waals surface area contributed by atoms with Gasteiger partial charge < -0.3 is 5.01 Å². The van der Waals surface area contributed by atoms with E-state index in [0.717, 1.165) is 17.9 Å². The second-order valence-corrected chi connectivity index (χ2v) is 4.45. The molecule has 0 amide bonds. The number of thiazole rings is 1. The van der Waals surface area contributed by atoms with Gasteiger partial charge >= 0.3 is 0 Å². The van der Waals surface area contributed by atoms with E-state index in [1.54, 1.807) is 16.3 Å². The number of nitrogens with zero attached hydrogens (tertiary/aromatic N) is 2. The molecule has 0 fully saturated rings. The molecular formula is C12H15N3S. The third-order valence-corrected chi connectivity index (χ3v) is 3.52. The minimum absolute atomic E-state index is 0.804. The lowest BCUT2D eigenvalue weighted by Crippen LogP contribution is -2.29. The lowest BCUT2D eigenvalue weighted by molar-refractivity contribution is 0.892. The first-order chi connectivity index (χ1) is 7.72. The highest BCUT2D eigenvalue weighted by atomic mass is 32.1. The van der Waals surface area contributed by atoms with E-state index >= 15 is 0 Å². The number of hydrogen-bond acceptors (Lipinski definition) is 4. The van der Waals surface area contributed by atoms with Crippen LogP contribution in [-0.4, -0.2) is 11.5 Å². The van der Waals surface area contributed by atoms with E-state index < -0.39 is 0 Å². The van der Waals surface area contributed by atoms with Gasteiger partial charge in [0, 0.05) is 6.54 Å². The smallest absolute Gasteiger partial charge is 0.0801 e. The molecule has 0 aliphatic heterocycles. The normalized spacial score (nSPS) is 10.4. The highest BCUT2D eigenvalue weighted by Gasteiger charge is 2.05. The lowest BCUT2D eigenvalue weighted by atomic mass is 10.1. The van der Waals surface area contributed by atoms with Crippen molar-refractivity contribution in [2.24, 2.45) is 5.84 Å². The Morgan fingerprint density at radius 1 is 1.31 bits per heavy atom. The molecule has 1 aromatic carbocycles. The van der Waals surface area contributed by atoms with Crippen molar-refractivity contribution in [2.45, 2.75) is 13.8 Å². The average Bonchev–Trinajstić information content (AvgIpc) is 2.75. The molecule has 16 heavy (non-hydrogen) atoms. The van der Waals surface area contributed by atoms with Crippen molar-refractivity contribution in [2.75, 3.05) is 11.6 Å². The largest absolute Gasteiger partial charge is 0.311 e. The third kappa shape index (κ3) is 2.08. The molecule has 0 spiro atoms. The predicted octanol–water partition coefficient (Wildman–Crippen LogP) is 2.82. The molecule has 0 unspecified atom stereocenters. The number of hydrazine groups is 1. The fourth-order valence-corrected chi connectivity index (χ4v) is 2.38. The summed E-state index contributed by atoms with van der Waals surface area (Å²) < 4.78 is 0. The van der Waals surface area contributed by atoms with E-state index in [1.807, 2.05) is 31.5 Å². The number of anilines is 1. The van der Waals surface area contributed by atoms with Crippen molar-refractivity contribution < 1.29 is 0 Å². The molecule has 2 N–H and O–H groups in total. The quantitative estimate of drug-likeness (QED) is 0.654. The van der Waals surface area contributed by atoms with Crippen LogP contribution in [0.15, 0.2) is 29.8 Å². The zero-order valence-corrected chi connectivity index (χ0v) is 10.3. The van der Waals surface area contributed by atoms with Crippen molar-refractivity contribution in [3.63, 3.8) is 0 Å². The number of nitrogens with two attached hydrogens (primary N) is 1. The molecule has 0 aliphatic carbocycles. The molecule has 1 aromatic heterocycles. The SMILES string of the molecule is CCN(N)c1ccc(-c2scnc2C)cc1. The summed E-state index contributed by atoms with van der Waals surface area (Å²) in [6.07, 6.45) is 0. The number of benzene rings is 1. The molecule has 2 aromatic rings. The van der Waals surface area contributed by atoms with E-state index in [4.69, 9.17) is 5.84 Å². The van der Waals surface area contributed by atoms with Crippen LogP contribution in [0.5, 0.6) is 0 Å². The van der Waals surface area contributed by atoms with Crippen LogP contribution in [0.1, 0.15) is 12.6 Å². The third-order valence-electron chi connectivity index (χ3n) is 2.55. The zero-order valence-electron chi connectivity index (χ0n) is 9.47. The van der Waals surface area contributed by atoms with Gasteiger partial charge in [-0.05, 0) is 31.5 Å². The summed E-state index contributed by atoms with van der Waals surface area (Å²) in [5, 5.41) is 1.73. The molecule has 0 saturated carbocycles. The second kappa shape index (κ2) is 4.63. The summed E-state index contributed by atoms with van der Waals surface area (Å²) in [4.78, 5) is 5.48. The molecular weight excluding hydrogens is 218 g/mol. The summed E-state index contributed by atoms with van der Waals surface area (Å²) in [5.41, 5.74) is 5.19. The van der Waals surface area contributed by atoms with E-state index in [2.05, 4.69) is 17.1 Å². The van der Waals surface area contributed by atoms with Crippen LogP contribution in [0.25, 0.3) is 10.4 Å². The Bertz CT molecular complexity index is 461. The maximum absolute atomic E-state index is 5.82. The van der Waals surface area contributed by atoms with E-state index in [0.29, 0.717) is 0 Å². The summed E-state index contributed by atoms with van der Waals surface area (Å²) in [5.74, 6) is 5.82. The highest BCUT2D eigenvalue weighted by molar-refractivity contribution is 7.13. The molecule has 0 bridgehead atoms. The number of rotatable bonds is 3. The van der Waals surface area contributed by atoms with Gasteiger partial charge in [0.25, 0.3) is 0 Å². The van der Waals surface area contributed by atoms with Crippen LogP contribution in [0, 0.1) is 6.92 Å². The van der Waals surface area contributed by atoms with Crippen molar-refractivity contribution >= 4 is 17.0 Å². The molecule has 3 nitrogen and oxygen atoms in total. The first kappa shape index (κ1) is 11.1. The highest BCUT2D eigenvalue weighted by Crippen LogP contribution is 2.28. The van der Waals surface area contributed by atoms with Crippen molar-refractivity contribution in [1.82, 2.24) is 4.98 Å². The summed E-state index contributed by atoms with van der Waals surface area (Å²) in [6, 6.07) is 8.26. The summed E-state index contributed by atoms with van der Waals surface area (Å²) in [7, 11) is 0. The van der Waals surface area contributed by atoms with Crippen LogP contribution in [-0.2, 0) is 0 Å². The number of aryl methyl sites for hydroxylation is 1. The predicted molar refractivity (Wildman–Crippen MR) is 69.5 cm³/mol. The Labute approximate surface area is 99.5 Å². The topological polar surface area (TPSA) is 42.1 Å². The van der Waals surface area contributed by atoms with Gasteiger partial charge in [0.05, 0.1) is 21.8 Å². The van der Waals surface area contributed by atoms with Crippen LogP contribution < -0.4 is 10.9 Å². The monoisotopic (exact) mass is 233 g/mol. The van der Waals surface area contributed by atoms with Gasteiger partial charge in [0.15, 0.2) is 0 Å². The first-order valence-corrected chi connectivity index (χ1v) is 6.13. The minimum Gasteiger partial charge on any atom is -0.311 e. The van der Waals surface area contributed by atoms with Crippen LogP contribution in [0.2, 0.25) is 0 Å². The van der Waals surface area contributed by atoms with E-state index in [-0.39, 0.29) is 0 Å². The van der Waals surface area contributed by atoms with Gasteiger partial charge in [0.2, 0.25) is 0 Å². The second-order valence-electron chi connectivity index (χ2n) is 3.60. The Kier molecular flexibility index (Phi) is 3.22. The fourth-order valence-electron chi connectivity index (χ4n) is 1.57. The van der Waals surface area contributed by atoms with Gasteiger partial charge in [-0.1, -0.05) is 12.1 Å². The molecule has 2 rings (SSSR count). The average molecular weight is 233 g/mol. The van der Waals surface area contributed by atoms with Crippen LogP contribution in [0.3, 0.4) is 0 Å². The molecule has 0 atom stereocenters. The lowest BCUT2D eigenvalue weighted by Gasteiger charge is -2.16. The van der Waals surface area contributed by atoms with Crippen LogP contribution >= 0.6 is 11.3 Å². The first-order valence-electron chi connectivity index (χ1n) is 5.25. The van der Waals surface area contributed by atoms with Gasteiger partial charge in [-0.25, -0.2) is 10.8 Å². The number of hydrogen-bond donors (Lipinski definition) is 1. The van der Waals surface area contributed by atoms with Crippen molar-refractivity contribution in [1.29, 1.82) is 0 Å². The zero-order chi connectivity index (χ0) is 11.5. The number of aromatic nitrogens is 1. The summed E-state index contributed by atoms with van der Waals surface area (Å²) in [6.45, 7) is 4.86. The molecule has 0 aliphatic rings. The van der Waals surface area contributed by atoms with Crippen molar-refractivity contribution in [3.05, 3.63) is 35.5 Å². The Balaban J connectivity index is 2.30. The maximum Gasteiger partial charge on any atom is 0.0801 e. The Morgan fingerprint density at radius 2 is 2.00 bits per heavy atom. The van der Waals surface area contributed by atoms with Gasteiger partial charge in [0.1, 0.15) is 0 Å². The summed E-state index contributed by atoms with van der Waals surface area (Å²) >= 11 is 1.67. The fraction of sp³-hybridized carbons (Fsp3) is 0.250. The Morgan fingerprint density at radius 3 is 2.50 bits per heavy atom. The van der Waals surface area contributed by atoms with Crippen LogP contribution in [0.4, 0.5) is 5.69 Å². The standard InChI is InChI=1S/C12H15N3S/c1-3-15(13)11-6-4-10(5-7-11)12-9(2)14-8-16-12/h4-8H,3,13H2,1-2H3. The van der Waals surface area contributed by atoms with Gasteiger partial charge in [-0.3, -0.25) is 0 Å². The molecule has 0 saturated heterocycles. The van der Waals surface area contributed by atoms with Gasteiger partial charge in [-0.2, -0.15) is 0 Å². The molecule has 0 radical (unpaired) electrons. The van der Waals surface area contributed by atoms with E-state index in [9.17, 15) is 0 Å².